The molecule has 0 spiro atoms. The molecular weight excluding hydrogens is 362 g/mol. The Hall–Kier alpha value is -2.12. The highest BCUT2D eigenvalue weighted by Crippen LogP contribution is 2.00. The zero-order chi connectivity index (χ0) is 21.6. The van der Waals surface area contributed by atoms with Crippen LogP contribution in [0.4, 0.5) is 0 Å². The highest BCUT2D eigenvalue weighted by atomic mass is 16.6. The van der Waals surface area contributed by atoms with Crippen molar-refractivity contribution in [1.82, 2.24) is 0 Å². The van der Waals surface area contributed by atoms with Crippen LogP contribution in [-0.4, -0.2) is 66.3 Å². The van der Waals surface area contributed by atoms with Gasteiger partial charge in [-0.3, -0.25) is 9.59 Å². The Morgan fingerprint density at radius 2 is 1.33 bits per heavy atom. The minimum atomic E-state index is -1.22. The summed E-state index contributed by atoms with van der Waals surface area (Å²) in [6, 6.07) is -3.54. The van der Waals surface area contributed by atoms with Crippen molar-refractivity contribution >= 4 is 23.9 Å². The van der Waals surface area contributed by atoms with Gasteiger partial charge < -0.3 is 43.2 Å². The monoisotopic (exact) mass is 393 g/mol. The fourth-order valence-electron chi connectivity index (χ4n) is 1.26. The Balaban J connectivity index is 0. The lowest BCUT2D eigenvalue weighted by Crippen LogP contribution is -2.39. The molecule has 4 atom stereocenters. The number of carboxylic acid groups (broad SMARTS) is 1. The molecule has 0 aromatic heterocycles. The molecule has 12 heteroatoms. The topological polar surface area (TPSA) is 237 Å². The summed E-state index contributed by atoms with van der Waals surface area (Å²) in [5, 5.41) is 8.45. The predicted octanol–water partition coefficient (Wildman–Crippen LogP) is -2.85. The third-order valence-electron chi connectivity index (χ3n) is 2.94. The number of hydrogen-bond donors (Lipinski definition) is 6. The molecule has 12 nitrogen and oxygen atoms in total. The fourth-order valence-corrected chi connectivity index (χ4v) is 1.26. The van der Waals surface area contributed by atoms with Gasteiger partial charge in [0, 0.05) is 0 Å². The van der Waals surface area contributed by atoms with Crippen LogP contribution in [0.5, 0.6) is 0 Å². The number of nitrogens with two attached hydrogens (primary N) is 5. The van der Waals surface area contributed by atoms with Gasteiger partial charge in [0.05, 0.1) is 0 Å². The van der Waals surface area contributed by atoms with Gasteiger partial charge in [-0.2, -0.15) is 0 Å². The van der Waals surface area contributed by atoms with Crippen LogP contribution in [0.25, 0.3) is 0 Å². The molecule has 0 unspecified atom stereocenters. The summed E-state index contributed by atoms with van der Waals surface area (Å²) in [6.07, 6.45) is 1.99. The summed E-state index contributed by atoms with van der Waals surface area (Å²) in [6.45, 7) is 3.04. The molecule has 0 heterocycles. The van der Waals surface area contributed by atoms with Crippen molar-refractivity contribution < 1.29 is 33.8 Å². The van der Waals surface area contributed by atoms with Crippen molar-refractivity contribution in [3.63, 3.8) is 0 Å². The average Bonchev–Trinajstić information content (AvgIpc) is 2.59. The second-order valence-electron chi connectivity index (χ2n) is 5.78. The summed E-state index contributed by atoms with van der Waals surface area (Å²) in [7, 11) is 0. The number of carbonyl (C=O) groups excluding carboxylic acids is 3. The van der Waals surface area contributed by atoms with E-state index >= 15 is 0 Å². The van der Waals surface area contributed by atoms with Gasteiger partial charge in [-0.1, -0.05) is 6.42 Å². The number of unbranched alkanes of at least 4 members (excludes halogenated alkanes) is 1. The van der Waals surface area contributed by atoms with Crippen LogP contribution >= 0.6 is 0 Å². The summed E-state index contributed by atoms with van der Waals surface area (Å²) >= 11 is 0. The van der Waals surface area contributed by atoms with Crippen LogP contribution in [-0.2, 0) is 28.7 Å². The second-order valence-corrected chi connectivity index (χ2v) is 5.78. The highest BCUT2D eigenvalue weighted by molar-refractivity contribution is 5.90. The van der Waals surface area contributed by atoms with Gasteiger partial charge in [-0.05, 0) is 33.2 Å². The number of aliphatic carboxylic acids is 1. The molecule has 0 rings (SSSR count). The molecule has 0 radical (unpaired) electrons. The minimum absolute atomic E-state index is 0.362. The Labute approximate surface area is 157 Å². The average molecular weight is 393 g/mol. The van der Waals surface area contributed by atoms with E-state index in [0.29, 0.717) is 13.0 Å². The summed E-state index contributed by atoms with van der Waals surface area (Å²) in [4.78, 5) is 42.8. The molecule has 0 aliphatic carbocycles. The van der Waals surface area contributed by atoms with Gasteiger partial charge in [-0.25, -0.2) is 9.59 Å². The molecule has 0 fully saturated rings. The maximum absolute atomic E-state index is 11.2. The van der Waals surface area contributed by atoms with Crippen molar-refractivity contribution in [1.29, 1.82) is 0 Å². The predicted molar refractivity (Wildman–Crippen MR) is 95.8 cm³/mol. The van der Waals surface area contributed by atoms with Gasteiger partial charge >= 0.3 is 23.9 Å². The van der Waals surface area contributed by atoms with Crippen LogP contribution < -0.4 is 28.7 Å². The zero-order valence-corrected chi connectivity index (χ0v) is 15.6. The molecule has 0 amide bonds. The Bertz CT molecular complexity index is 467. The van der Waals surface area contributed by atoms with E-state index in [1.807, 2.05) is 0 Å². The molecule has 158 valence electrons. The van der Waals surface area contributed by atoms with Gasteiger partial charge in [0.15, 0.2) is 0 Å². The van der Waals surface area contributed by atoms with Gasteiger partial charge in [0.2, 0.25) is 0 Å². The van der Waals surface area contributed by atoms with Crippen LogP contribution in [0.3, 0.4) is 0 Å². The van der Waals surface area contributed by atoms with Crippen LogP contribution in [0, 0.1) is 0 Å². The smallest absolute Gasteiger partial charge is 0.330 e. The summed E-state index contributed by atoms with van der Waals surface area (Å²) in [5.41, 5.74) is 26.2. The molecular formula is C15H31N5O7. The highest BCUT2D eigenvalue weighted by Gasteiger charge is 2.19. The summed E-state index contributed by atoms with van der Waals surface area (Å²) < 4.78 is 8.90. The van der Waals surface area contributed by atoms with Crippen molar-refractivity contribution in [2.75, 3.05) is 13.2 Å². The molecule has 0 aliphatic rings. The van der Waals surface area contributed by atoms with E-state index in [1.54, 1.807) is 0 Å². The molecule has 0 aliphatic heterocycles. The van der Waals surface area contributed by atoms with Crippen molar-refractivity contribution in [3.8, 4) is 0 Å². The normalized spacial score (nSPS) is 14.6. The number of esters is 3. The van der Waals surface area contributed by atoms with E-state index in [9.17, 15) is 19.2 Å². The minimum Gasteiger partial charge on any atom is -0.480 e. The van der Waals surface area contributed by atoms with E-state index in [1.165, 1.54) is 13.8 Å². The number of ether oxygens (including phenoxy) is 2. The summed E-state index contributed by atoms with van der Waals surface area (Å²) in [5.74, 6) is -3.36. The van der Waals surface area contributed by atoms with E-state index in [4.69, 9.17) is 33.8 Å². The number of carbonyl (C=O) groups is 4. The lowest BCUT2D eigenvalue weighted by atomic mass is 10.1. The lowest BCUT2D eigenvalue weighted by Gasteiger charge is -2.12. The maximum atomic E-state index is 11.2. The molecule has 0 aromatic carbocycles. The molecule has 0 bridgehead atoms. The number of carboxylic acids is 1. The zero-order valence-electron chi connectivity index (χ0n) is 15.6. The first kappa shape index (κ1) is 27.1. The number of rotatable bonds is 10. The molecule has 0 saturated heterocycles. The first-order chi connectivity index (χ1) is 12.4. The van der Waals surface area contributed by atoms with Gasteiger partial charge in [0.1, 0.15) is 30.8 Å². The maximum Gasteiger partial charge on any atom is 0.330 e. The van der Waals surface area contributed by atoms with E-state index in [0.717, 1.165) is 12.8 Å². The molecule has 27 heavy (non-hydrogen) atoms. The third kappa shape index (κ3) is 14.7. The largest absolute Gasteiger partial charge is 0.480 e. The SMILES string of the molecule is C[C@H](N)C(=O)OC(=O)[C@H](C)N.NCCCC[C@H](N)C(=O)OC[C@H](N)C(=O)O. The fraction of sp³-hybridized carbons (Fsp3) is 0.733. The quantitative estimate of drug-likeness (QED) is 0.125. The van der Waals surface area contributed by atoms with E-state index < -0.39 is 48.0 Å². The lowest BCUT2D eigenvalue weighted by molar-refractivity contribution is -0.161. The second kappa shape index (κ2) is 15.0. The first-order valence-electron chi connectivity index (χ1n) is 8.31. The van der Waals surface area contributed by atoms with E-state index in [2.05, 4.69) is 9.47 Å². The third-order valence-corrected chi connectivity index (χ3v) is 2.94. The van der Waals surface area contributed by atoms with Crippen LogP contribution in [0.2, 0.25) is 0 Å². The van der Waals surface area contributed by atoms with Crippen molar-refractivity contribution in [2.24, 2.45) is 28.7 Å². The molecule has 11 N–H and O–H groups in total. The Morgan fingerprint density at radius 3 is 1.70 bits per heavy atom. The van der Waals surface area contributed by atoms with Crippen molar-refractivity contribution in [2.45, 2.75) is 57.3 Å². The molecule has 0 aromatic rings. The number of hydrogen-bond acceptors (Lipinski definition) is 11. The van der Waals surface area contributed by atoms with Crippen molar-refractivity contribution in [3.05, 3.63) is 0 Å². The van der Waals surface area contributed by atoms with Gasteiger partial charge in [0.25, 0.3) is 0 Å². The van der Waals surface area contributed by atoms with Crippen LogP contribution in [0.15, 0.2) is 0 Å². The molecule has 0 saturated carbocycles. The Kier molecular flexibility index (Phi) is 15.0. The van der Waals surface area contributed by atoms with Gasteiger partial charge in [-0.15, -0.1) is 0 Å². The Morgan fingerprint density at radius 1 is 0.852 bits per heavy atom. The standard InChI is InChI=1S/C9H19N3O4.C6H12N2O3/c10-4-2-1-3-6(11)9(15)16-5-7(12)8(13)14;1-3(7)5(9)11-6(10)4(2)8/h6-7H,1-5,10-12H2,(H,13,14);3-4H,7-8H2,1-2H3/t6-,7-;3-,4-/m00/s1. The first-order valence-corrected chi connectivity index (χ1v) is 8.31. The van der Waals surface area contributed by atoms with Crippen LogP contribution in [0.1, 0.15) is 33.1 Å². The van der Waals surface area contributed by atoms with E-state index in [-0.39, 0.29) is 6.61 Å².